The Labute approximate surface area is 141 Å². The van der Waals surface area contributed by atoms with Crippen molar-refractivity contribution in [3.63, 3.8) is 0 Å². The summed E-state index contributed by atoms with van der Waals surface area (Å²) in [6, 6.07) is 3.99. The fourth-order valence-corrected chi connectivity index (χ4v) is 3.58. The van der Waals surface area contributed by atoms with Crippen LogP contribution in [0.15, 0.2) is 36.9 Å². The van der Waals surface area contributed by atoms with Gasteiger partial charge in [0, 0.05) is 43.7 Å². The van der Waals surface area contributed by atoms with Crippen LogP contribution in [-0.4, -0.2) is 33.3 Å². The SMILES string of the molecule is Cn1cc([C@H]2OCCC[C@@H]2NC(=O)[C@@H]2C[C@@H]2c2cccnc2)cn1. The molecule has 1 saturated carbocycles. The molecule has 0 aromatic carbocycles. The molecule has 2 aliphatic rings. The number of nitrogens with one attached hydrogen (secondary N) is 1. The first-order valence-electron chi connectivity index (χ1n) is 8.53. The number of hydrogen-bond donors (Lipinski definition) is 1. The van der Waals surface area contributed by atoms with Crippen LogP contribution in [0.2, 0.25) is 0 Å². The number of rotatable bonds is 4. The molecule has 2 aromatic rings. The average Bonchev–Trinajstić information content (AvgIpc) is 3.31. The Morgan fingerprint density at radius 3 is 3.04 bits per heavy atom. The molecule has 6 nitrogen and oxygen atoms in total. The van der Waals surface area contributed by atoms with Gasteiger partial charge < -0.3 is 10.1 Å². The normalized spacial score (nSPS) is 29.2. The van der Waals surface area contributed by atoms with Crippen LogP contribution >= 0.6 is 0 Å². The number of amides is 1. The van der Waals surface area contributed by atoms with Crippen molar-refractivity contribution in [3.8, 4) is 0 Å². The molecule has 1 amide bonds. The fourth-order valence-electron chi connectivity index (χ4n) is 3.58. The van der Waals surface area contributed by atoms with Crippen molar-refractivity contribution in [2.75, 3.05) is 6.61 Å². The zero-order valence-electron chi connectivity index (χ0n) is 13.8. The monoisotopic (exact) mass is 326 g/mol. The van der Waals surface area contributed by atoms with Crippen LogP contribution in [0.3, 0.4) is 0 Å². The predicted molar refractivity (Wildman–Crippen MR) is 88.2 cm³/mol. The molecule has 2 fully saturated rings. The van der Waals surface area contributed by atoms with Crippen molar-refractivity contribution in [1.82, 2.24) is 20.1 Å². The van der Waals surface area contributed by atoms with E-state index in [-0.39, 0.29) is 24.0 Å². The van der Waals surface area contributed by atoms with Gasteiger partial charge in [0.05, 0.1) is 12.2 Å². The van der Waals surface area contributed by atoms with Crippen LogP contribution in [0.5, 0.6) is 0 Å². The van der Waals surface area contributed by atoms with Crippen molar-refractivity contribution in [2.24, 2.45) is 13.0 Å². The van der Waals surface area contributed by atoms with E-state index in [9.17, 15) is 4.79 Å². The van der Waals surface area contributed by atoms with E-state index in [1.807, 2.05) is 37.8 Å². The topological polar surface area (TPSA) is 69.0 Å². The van der Waals surface area contributed by atoms with Crippen molar-refractivity contribution >= 4 is 5.91 Å². The lowest BCUT2D eigenvalue weighted by atomic mass is 9.97. The molecular weight excluding hydrogens is 304 g/mol. The van der Waals surface area contributed by atoms with Gasteiger partial charge in [0.1, 0.15) is 6.10 Å². The van der Waals surface area contributed by atoms with Gasteiger partial charge in [-0.15, -0.1) is 0 Å². The zero-order chi connectivity index (χ0) is 16.5. The van der Waals surface area contributed by atoms with Crippen LogP contribution in [0, 0.1) is 5.92 Å². The summed E-state index contributed by atoms with van der Waals surface area (Å²) in [6.45, 7) is 0.730. The van der Waals surface area contributed by atoms with Crippen LogP contribution in [0.4, 0.5) is 0 Å². The van der Waals surface area contributed by atoms with Gasteiger partial charge in [0.15, 0.2) is 0 Å². The van der Waals surface area contributed by atoms with E-state index >= 15 is 0 Å². The highest BCUT2D eigenvalue weighted by atomic mass is 16.5. The molecule has 1 N–H and O–H groups in total. The summed E-state index contributed by atoms with van der Waals surface area (Å²) in [4.78, 5) is 16.8. The number of hydrogen-bond acceptors (Lipinski definition) is 4. The second-order valence-corrected chi connectivity index (χ2v) is 6.73. The van der Waals surface area contributed by atoms with Gasteiger partial charge in [-0.3, -0.25) is 14.5 Å². The summed E-state index contributed by atoms with van der Waals surface area (Å²) >= 11 is 0. The molecule has 0 bridgehead atoms. The van der Waals surface area contributed by atoms with E-state index in [1.54, 1.807) is 10.9 Å². The van der Waals surface area contributed by atoms with Crippen molar-refractivity contribution in [2.45, 2.75) is 37.3 Å². The van der Waals surface area contributed by atoms with E-state index in [1.165, 1.54) is 0 Å². The Kier molecular flexibility index (Phi) is 4.06. The summed E-state index contributed by atoms with van der Waals surface area (Å²) in [5.41, 5.74) is 2.18. The van der Waals surface area contributed by atoms with Gasteiger partial charge in [0.2, 0.25) is 5.91 Å². The molecule has 6 heteroatoms. The second-order valence-electron chi connectivity index (χ2n) is 6.73. The first kappa shape index (κ1) is 15.3. The van der Waals surface area contributed by atoms with Gasteiger partial charge in [-0.05, 0) is 36.8 Å². The van der Waals surface area contributed by atoms with E-state index in [0.717, 1.165) is 37.0 Å². The summed E-state index contributed by atoms with van der Waals surface area (Å²) < 4.78 is 7.69. The standard InChI is InChI=1S/C18H22N4O2/c1-22-11-13(10-20-22)17-16(5-3-7-24-17)21-18(23)15-8-14(15)12-4-2-6-19-9-12/h2,4,6,9-11,14-17H,3,5,7-8H2,1H3,(H,21,23)/t14-,15-,16+,17-/m1/s1. The summed E-state index contributed by atoms with van der Waals surface area (Å²) in [5, 5.41) is 7.44. The number of pyridine rings is 1. The highest BCUT2D eigenvalue weighted by Gasteiger charge is 2.45. The minimum Gasteiger partial charge on any atom is -0.371 e. The van der Waals surface area contributed by atoms with Gasteiger partial charge in [-0.25, -0.2) is 0 Å². The molecule has 24 heavy (non-hydrogen) atoms. The summed E-state index contributed by atoms with van der Waals surface area (Å²) in [6.07, 6.45) is 10.1. The first-order valence-corrected chi connectivity index (χ1v) is 8.53. The van der Waals surface area contributed by atoms with Gasteiger partial charge in [-0.1, -0.05) is 6.07 Å². The number of carbonyl (C=O) groups excluding carboxylic acids is 1. The Hall–Kier alpha value is -2.21. The Balaban J connectivity index is 1.41. The van der Waals surface area contributed by atoms with Crippen LogP contribution < -0.4 is 5.32 Å². The smallest absolute Gasteiger partial charge is 0.224 e. The van der Waals surface area contributed by atoms with Gasteiger partial charge in [-0.2, -0.15) is 5.10 Å². The van der Waals surface area contributed by atoms with Crippen molar-refractivity contribution in [1.29, 1.82) is 0 Å². The number of ether oxygens (including phenoxy) is 1. The molecule has 1 saturated heterocycles. The maximum absolute atomic E-state index is 12.6. The van der Waals surface area contributed by atoms with Crippen molar-refractivity contribution in [3.05, 3.63) is 48.0 Å². The molecule has 0 unspecified atom stereocenters. The van der Waals surface area contributed by atoms with Crippen molar-refractivity contribution < 1.29 is 9.53 Å². The number of aryl methyl sites for hydroxylation is 1. The van der Waals surface area contributed by atoms with Crippen LogP contribution in [0.25, 0.3) is 0 Å². The third-order valence-electron chi connectivity index (χ3n) is 4.94. The Bertz CT molecular complexity index is 715. The third kappa shape index (κ3) is 3.06. The maximum Gasteiger partial charge on any atom is 0.224 e. The first-order chi connectivity index (χ1) is 11.7. The lowest BCUT2D eigenvalue weighted by Crippen LogP contribution is -2.43. The Morgan fingerprint density at radius 2 is 2.29 bits per heavy atom. The molecular formula is C18H22N4O2. The number of nitrogens with zero attached hydrogens (tertiary/aromatic N) is 3. The van der Waals surface area contributed by atoms with E-state index in [4.69, 9.17) is 4.74 Å². The molecule has 0 spiro atoms. The number of aromatic nitrogens is 3. The highest BCUT2D eigenvalue weighted by Crippen LogP contribution is 2.47. The average molecular weight is 326 g/mol. The molecule has 2 aromatic heterocycles. The van der Waals surface area contributed by atoms with Crippen LogP contribution in [0.1, 0.15) is 42.4 Å². The molecule has 1 aliphatic heterocycles. The highest BCUT2D eigenvalue weighted by molar-refractivity contribution is 5.83. The number of carbonyl (C=O) groups is 1. The van der Waals surface area contributed by atoms with Crippen LogP contribution in [-0.2, 0) is 16.6 Å². The quantitative estimate of drug-likeness (QED) is 0.932. The zero-order valence-corrected chi connectivity index (χ0v) is 13.8. The lowest BCUT2D eigenvalue weighted by molar-refractivity contribution is -0.125. The minimum absolute atomic E-state index is 0.0191. The molecule has 4 rings (SSSR count). The molecule has 4 atom stereocenters. The Morgan fingerprint density at radius 1 is 1.38 bits per heavy atom. The molecule has 126 valence electrons. The molecule has 3 heterocycles. The van der Waals surface area contributed by atoms with E-state index in [0.29, 0.717) is 5.92 Å². The second kappa shape index (κ2) is 6.36. The summed E-state index contributed by atoms with van der Waals surface area (Å²) in [7, 11) is 1.89. The minimum atomic E-state index is -0.105. The van der Waals surface area contributed by atoms with E-state index < -0.39 is 0 Å². The lowest BCUT2D eigenvalue weighted by Gasteiger charge is -2.32. The predicted octanol–water partition coefficient (Wildman–Crippen LogP) is 1.96. The maximum atomic E-state index is 12.6. The molecule has 1 aliphatic carbocycles. The third-order valence-corrected chi connectivity index (χ3v) is 4.94. The fraction of sp³-hybridized carbons (Fsp3) is 0.500. The van der Waals surface area contributed by atoms with Gasteiger partial charge in [0.25, 0.3) is 0 Å². The van der Waals surface area contributed by atoms with E-state index in [2.05, 4.69) is 15.4 Å². The van der Waals surface area contributed by atoms with Gasteiger partial charge >= 0.3 is 0 Å². The largest absolute Gasteiger partial charge is 0.371 e. The summed E-state index contributed by atoms with van der Waals surface area (Å²) in [5.74, 6) is 0.499. The molecule has 0 radical (unpaired) electrons.